The highest BCUT2D eigenvalue weighted by atomic mass is 35.5. The number of benzene rings is 2. The van der Waals surface area contributed by atoms with Gasteiger partial charge in [-0.1, -0.05) is 57.5 Å². The molecule has 6 heteroatoms. The highest BCUT2D eigenvalue weighted by molar-refractivity contribution is 8.00. The van der Waals surface area contributed by atoms with Crippen LogP contribution in [0.1, 0.15) is 40.5 Å². The van der Waals surface area contributed by atoms with E-state index >= 15 is 0 Å². The van der Waals surface area contributed by atoms with Gasteiger partial charge in [0, 0.05) is 17.0 Å². The van der Waals surface area contributed by atoms with E-state index in [1.165, 1.54) is 11.8 Å². The third kappa shape index (κ3) is 7.21. The van der Waals surface area contributed by atoms with Crippen LogP contribution in [0.2, 0.25) is 5.02 Å². The zero-order valence-electron chi connectivity index (χ0n) is 16.7. The molecular weight excluding hydrogens is 392 g/mol. The number of hydrogen-bond acceptors (Lipinski definition) is 3. The zero-order valence-corrected chi connectivity index (χ0v) is 18.3. The number of hydrogen-bond donors (Lipinski definition) is 2. The summed E-state index contributed by atoms with van der Waals surface area (Å²) in [5, 5.41) is 6.08. The van der Waals surface area contributed by atoms with Gasteiger partial charge < -0.3 is 10.6 Å². The SMILES string of the molecule is CCC(Sc1cccc(NC(=O)CC(C)(C)C)c1)C(=O)Nc1ccccc1Cl. The predicted octanol–water partition coefficient (Wildman–Crippen LogP) is 6.22. The molecule has 2 rings (SSSR count). The molecule has 0 aliphatic carbocycles. The molecule has 1 unspecified atom stereocenters. The van der Waals surface area contributed by atoms with E-state index in [0.29, 0.717) is 23.6 Å². The highest BCUT2D eigenvalue weighted by Gasteiger charge is 2.20. The lowest BCUT2D eigenvalue weighted by Crippen LogP contribution is -2.24. The highest BCUT2D eigenvalue weighted by Crippen LogP contribution is 2.30. The van der Waals surface area contributed by atoms with Crippen LogP contribution in [0.4, 0.5) is 11.4 Å². The Hall–Kier alpha value is -1.98. The Kier molecular flexibility index (Phi) is 7.96. The molecule has 0 heterocycles. The minimum absolute atomic E-state index is 0.0156. The molecule has 2 aromatic carbocycles. The van der Waals surface area contributed by atoms with E-state index in [1.54, 1.807) is 12.1 Å². The van der Waals surface area contributed by atoms with Gasteiger partial charge in [0.05, 0.1) is 16.0 Å². The monoisotopic (exact) mass is 418 g/mol. The topological polar surface area (TPSA) is 58.2 Å². The first-order valence-corrected chi connectivity index (χ1v) is 10.6. The lowest BCUT2D eigenvalue weighted by molar-refractivity contribution is -0.118. The minimum atomic E-state index is -0.267. The maximum atomic E-state index is 12.7. The van der Waals surface area contributed by atoms with E-state index in [9.17, 15) is 9.59 Å². The van der Waals surface area contributed by atoms with Crippen molar-refractivity contribution in [2.45, 2.75) is 50.7 Å². The standard InChI is InChI=1S/C22H27ClN2O2S/c1-5-19(21(27)25-18-12-7-6-11-17(18)23)28-16-10-8-9-15(13-16)24-20(26)14-22(2,3)4/h6-13,19H,5,14H2,1-4H3,(H,24,26)(H,25,27). The second-order valence-corrected chi connectivity index (χ2v) is 9.48. The van der Waals surface area contributed by atoms with Crippen molar-refractivity contribution in [3.63, 3.8) is 0 Å². The van der Waals surface area contributed by atoms with Crippen molar-refractivity contribution in [1.82, 2.24) is 0 Å². The molecule has 0 saturated carbocycles. The summed E-state index contributed by atoms with van der Waals surface area (Å²) < 4.78 is 0. The van der Waals surface area contributed by atoms with Crippen LogP contribution in [0.5, 0.6) is 0 Å². The van der Waals surface area contributed by atoms with Crippen molar-refractivity contribution in [3.05, 3.63) is 53.6 Å². The lowest BCUT2D eigenvalue weighted by atomic mass is 9.92. The number of halogens is 1. The van der Waals surface area contributed by atoms with Crippen LogP contribution in [0.3, 0.4) is 0 Å². The van der Waals surface area contributed by atoms with Crippen LogP contribution in [0, 0.1) is 5.41 Å². The van der Waals surface area contributed by atoms with Gasteiger partial charge in [-0.2, -0.15) is 0 Å². The number of carbonyl (C=O) groups excluding carboxylic acids is 2. The van der Waals surface area contributed by atoms with E-state index in [4.69, 9.17) is 11.6 Å². The molecule has 150 valence electrons. The fourth-order valence-corrected chi connectivity index (χ4v) is 3.79. The van der Waals surface area contributed by atoms with E-state index in [-0.39, 0.29) is 22.5 Å². The first kappa shape index (κ1) is 22.3. The molecule has 0 aliphatic rings. The van der Waals surface area contributed by atoms with E-state index in [0.717, 1.165) is 10.6 Å². The Labute approximate surface area is 176 Å². The molecule has 0 fully saturated rings. The summed E-state index contributed by atoms with van der Waals surface area (Å²) in [4.78, 5) is 25.8. The number of amides is 2. The Morgan fingerprint density at radius 2 is 1.79 bits per heavy atom. The van der Waals surface area contributed by atoms with Crippen LogP contribution in [-0.2, 0) is 9.59 Å². The van der Waals surface area contributed by atoms with Crippen LogP contribution in [-0.4, -0.2) is 17.1 Å². The Morgan fingerprint density at radius 3 is 2.43 bits per heavy atom. The van der Waals surface area contributed by atoms with Gasteiger partial charge in [0.15, 0.2) is 0 Å². The average Bonchev–Trinajstić information content (AvgIpc) is 2.60. The molecule has 4 nitrogen and oxygen atoms in total. The van der Waals surface area contributed by atoms with Crippen molar-refractivity contribution >= 4 is 46.6 Å². The zero-order chi connectivity index (χ0) is 20.7. The molecule has 2 aromatic rings. The van der Waals surface area contributed by atoms with Gasteiger partial charge in [0.2, 0.25) is 11.8 Å². The summed E-state index contributed by atoms with van der Waals surface area (Å²) in [5.41, 5.74) is 1.28. The number of thioether (sulfide) groups is 1. The third-order valence-corrected chi connectivity index (χ3v) is 5.57. The quantitative estimate of drug-likeness (QED) is 0.524. The summed E-state index contributed by atoms with van der Waals surface area (Å²) in [6.07, 6.45) is 1.11. The first-order valence-electron chi connectivity index (χ1n) is 9.30. The molecule has 2 N–H and O–H groups in total. The van der Waals surface area contributed by atoms with Gasteiger partial charge in [0.25, 0.3) is 0 Å². The fourth-order valence-electron chi connectivity index (χ4n) is 2.60. The minimum Gasteiger partial charge on any atom is -0.326 e. The normalized spacial score (nSPS) is 12.3. The molecule has 0 radical (unpaired) electrons. The molecule has 0 saturated heterocycles. The summed E-state index contributed by atoms with van der Waals surface area (Å²) in [6.45, 7) is 8.06. The van der Waals surface area contributed by atoms with Gasteiger partial charge in [-0.3, -0.25) is 9.59 Å². The number of carbonyl (C=O) groups is 2. The molecule has 0 aromatic heterocycles. The van der Waals surface area contributed by atoms with Gasteiger partial charge >= 0.3 is 0 Å². The number of para-hydroxylation sites is 1. The van der Waals surface area contributed by atoms with Gasteiger partial charge in [-0.05, 0) is 42.2 Å². The van der Waals surface area contributed by atoms with Crippen molar-refractivity contribution in [2.75, 3.05) is 10.6 Å². The maximum absolute atomic E-state index is 12.7. The van der Waals surface area contributed by atoms with Crippen molar-refractivity contribution in [1.29, 1.82) is 0 Å². The average molecular weight is 419 g/mol. The van der Waals surface area contributed by atoms with Crippen molar-refractivity contribution in [2.24, 2.45) is 5.41 Å². The maximum Gasteiger partial charge on any atom is 0.237 e. The largest absolute Gasteiger partial charge is 0.326 e. The van der Waals surface area contributed by atoms with E-state index in [1.807, 2.05) is 64.1 Å². The lowest BCUT2D eigenvalue weighted by Gasteiger charge is -2.18. The summed E-state index contributed by atoms with van der Waals surface area (Å²) in [5.74, 6) is -0.110. The van der Waals surface area contributed by atoms with Crippen LogP contribution in [0.15, 0.2) is 53.4 Å². The number of nitrogens with one attached hydrogen (secondary N) is 2. The summed E-state index contributed by atoms with van der Waals surface area (Å²) in [6, 6.07) is 14.8. The summed E-state index contributed by atoms with van der Waals surface area (Å²) in [7, 11) is 0. The number of anilines is 2. The molecule has 0 spiro atoms. The molecule has 0 aliphatic heterocycles. The van der Waals surface area contributed by atoms with Crippen molar-refractivity contribution in [3.8, 4) is 0 Å². The van der Waals surface area contributed by atoms with E-state index < -0.39 is 0 Å². The molecule has 28 heavy (non-hydrogen) atoms. The van der Waals surface area contributed by atoms with Crippen LogP contribution < -0.4 is 10.6 Å². The second-order valence-electron chi connectivity index (χ2n) is 7.80. The van der Waals surface area contributed by atoms with E-state index in [2.05, 4.69) is 10.6 Å². The smallest absolute Gasteiger partial charge is 0.237 e. The molecular formula is C22H27ClN2O2S. The Balaban J connectivity index is 2.03. The van der Waals surface area contributed by atoms with Gasteiger partial charge in [-0.25, -0.2) is 0 Å². The third-order valence-electron chi connectivity index (χ3n) is 3.88. The Morgan fingerprint density at radius 1 is 1.07 bits per heavy atom. The first-order chi connectivity index (χ1) is 13.2. The van der Waals surface area contributed by atoms with Crippen LogP contribution >= 0.6 is 23.4 Å². The van der Waals surface area contributed by atoms with Crippen LogP contribution in [0.25, 0.3) is 0 Å². The number of rotatable bonds is 7. The molecule has 0 bridgehead atoms. The fraction of sp³-hybridized carbons (Fsp3) is 0.364. The van der Waals surface area contributed by atoms with Gasteiger partial charge in [-0.15, -0.1) is 11.8 Å². The second kappa shape index (κ2) is 9.99. The molecule has 2 amide bonds. The molecule has 1 atom stereocenters. The summed E-state index contributed by atoms with van der Waals surface area (Å²) >= 11 is 7.60. The van der Waals surface area contributed by atoms with Gasteiger partial charge in [0.1, 0.15) is 0 Å². The van der Waals surface area contributed by atoms with Crippen molar-refractivity contribution < 1.29 is 9.59 Å². The Bertz CT molecular complexity index is 833. The predicted molar refractivity (Wildman–Crippen MR) is 119 cm³/mol.